The average Bonchev–Trinajstić information content (AvgIpc) is 3.07. The van der Waals surface area contributed by atoms with Gasteiger partial charge in [-0.3, -0.25) is 0 Å². The summed E-state index contributed by atoms with van der Waals surface area (Å²) >= 11 is 0. The molecule has 1 N–H and O–H groups in total. The molecular formula is C39H31N3O3. The van der Waals surface area contributed by atoms with E-state index in [0.717, 1.165) is 55.1 Å². The smallest absolute Gasteiger partial charge is 0.320 e. The SMILES string of the molecule is COc1ccccc1-c1c2ccccc2c(-c2ccccc2)c2cc(-c3nc(OC(C)C)nc(-c4ccccc4O)n3)ccc12. The summed E-state index contributed by atoms with van der Waals surface area (Å²) in [4.78, 5) is 14.1. The number of ether oxygens (including phenoxy) is 2. The molecule has 1 heterocycles. The van der Waals surface area contributed by atoms with E-state index in [2.05, 4.69) is 71.7 Å². The highest BCUT2D eigenvalue weighted by Gasteiger charge is 2.21. The van der Waals surface area contributed by atoms with Gasteiger partial charge >= 0.3 is 6.01 Å². The number of hydrogen-bond donors (Lipinski definition) is 1. The van der Waals surface area contributed by atoms with Crippen LogP contribution in [0.3, 0.4) is 0 Å². The highest BCUT2D eigenvalue weighted by Crippen LogP contribution is 2.46. The zero-order valence-electron chi connectivity index (χ0n) is 25.2. The summed E-state index contributed by atoms with van der Waals surface area (Å²) in [6.07, 6.45) is -0.145. The van der Waals surface area contributed by atoms with E-state index < -0.39 is 0 Å². The number of phenols is 1. The van der Waals surface area contributed by atoms with Crippen molar-refractivity contribution in [2.75, 3.05) is 7.11 Å². The molecular weight excluding hydrogens is 558 g/mol. The molecule has 7 rings (SSSR count). The molecule has 7 aromatic rings. The van der Waals surface area contributed by atoms with Crippen molar-refractivity contribution in [1.29, 1.82) is 0 Å². The van der Waals surface area contributed by atoms with Crippen molar-refractivity contribution in [3.05, 3.63) is 121 Å². The van der Waals surface area contributed by atoms with Crippen LogP contribution in [-0.2, 0) is 0 Å². The van der Waals surface area contributed by atoms with Crippen LogP contribution < -0.4 is 9.47 Å². The largest absolute Gasteiger partial charge is 0.507 e. The van der Waals surface area contributed by atoms with E-state index in [-0.39, 0.29) is 17.9 Å². The molecule has 0 spiro atoms. The molecule has 6 nitrogen and oxygen atoms in total. The third-order valence-corrected chi connectivity index (χ3v) is 7.82. The maximum Gasteiger partial charge on any atom is 0.320 e. The Kier molecular flexibility index (Phi) is 7.31. The van der Waals surface area contributed by atoms with E-state index in [9.17, 15) is 5.11 Å². The standard InChI is InChI=1S/C39H31N3O3/c1-24(2)45-39-41-37(40-38(42-39)30-17-9-11-19-33(30)43)26-21-22-29-32(23-26)35(25-13-5-4-6-14-25)27-15-7-8-16-28(27)36(29)31-18-10-12-20-34(31)44-3/h4-24,43H,1-3H3. The second-order valence-corrected chi connectivity index (χ2v) is 11.1. The van der Waals surface area contributed by atoms with Crippen molar-refractivity contribution in [2.24, 2.45) is 0 Å². The summed E-state index contributed by atoms with van der Waals surface area (Å²) < 4.78 is 11.8. The fraction of sp³-hybridized carbons (Fsp3) is 0.103. The molecule has 1 aromatic heterocycles. The van der Waals surface area contributed by atoms with Crippen LogP contribution >= 0.6 is 0 Å². The number of methoxy groups -OCH3 is 1. The first kappa shape index (κ1) is 28.0. The molecule has 0 amide bonds. The minimum atomic E-state index is -0.145. The topological polar surface area (TPSA) is 77.4 Å². The molecule has 0 radical (unpaired) electrons. The van der Waals surface area contributed by atoms with Crippen LogP contribution in [0.1, 0.15) is 13.8 Å². The van der Waals surface area contributed by atoms with Gasteiger partial charge < -0.3 is 14.6 Å². The van der Waals surface area contributed by atoms with Crippen molar-refractivity contribution < 1.29 is 14.6 Å². The van der Waals surface area contributed by atoms with Gasteiger partial charge in [0.1, 0.15) is 11.5 Å². The first-order valence-electron chi connectivity index (χ1n) is 14.9. The number of phenolic OH excluding ortho intramolecular Hbond substituents is 1. The van der Waals surface area contributed by atoms with Crippen molar-refractivity contribution in [3.63, 3.8) is 0 Å². The minimum Gasteiger partial charge on any atom is -0.507 e. The van der Waals surface area contributed by atoms with E-state index >= 15 is 0 Å². The van der Waals surface area contributed by atoms with Crippen molar-refractivity contribution in [2.45, 2.75) is 20.0 Å². The van der Waals surface area contributed by atoms with Crippen LogP contribution in [-0.4, -0.2) is 33.3 Å². The Labute approximate surface area is 261 Å². The molecule has 0 aliphatic rings. The molecule has 0 saturated heterocycles. The summed E-state index contributed by atoms with van der Waals surface area (Å²) in [6.45, 7) is 3.85. The van der Waals surface area contributed by atoms with Gasteiger partial charge in [0.15, 0.2) is 11.6 Å². The van der Waals surface area contributed by atoms with Crippen molar-refractivity contribution in [3.8, 4) is 62.5 Å². The van der Waals surface area contributed by atoms with Crippen LogP contribution in [0.2, 0.25) is 0 Å². The van der Waals surface area contributed by atoms with Gasteiger partial charge in [-0.05, 0) is 70.8 Å². The minimum absolute atomic E-state index is 0.0861. The van der Waals surface area contributed by atoms with Crippen LogP contribution in [0.5, 0.6) is 17.5 Å². The Bertz CT molecular complexity index is 2180. The number of rotatable bonds is 7. The third-order valence-electron chi connectivity index (χ3n) is 7.82. The summed E-state index contributed by atoms with van der Waals surface area (Å²) in [5.74, 6) is 1.68. The van der Waals surface area contributed by atoms with Gasteiger partial charge in [0.25, 0.3) is 0 Å². The van der Waals surface area contributed by atoms with Gasteiger partial charge in [0.05, 0.1) is 18.8 Å². The molecule has 0 aliphatic heterocycles. The number of aromatic nitrogens is 3. The zero-order chi connectivity index (χ0) is 30.9. The summed E-state index contributed by atoms with van der Waals surface area (Å²) in [7, 11) is 1.71. The molecule has 0 unspecified atom stereocenters. The number of aromatic hydroxyl groups is 1. The number of fused-ring (bicyclic) bond motifs is 2. The Morgan fingerprint density at radius 1 is 0.556 bits per heavy atom. The molecule has 0 saturated carbocycles. The summed E-state index contributed by atoms with van der Waals surface area (Å²) in [6, 6.07) is 40.6. The van der Waals surface area contributed by atoms with Gasteiger partial charge in [-0.1, -0.05) is 97.1 Å². The zero-order valence-corrected chi connectivity index (χ0v) is 25.2. The number of hydrogen-bond acceptors (Lipinski definition) is 6. The molecule has 0 bridgehead atoms. The quantitative estimate of drug-likeness (QED) is 0.187. The van der Waals surface area contributed by atoms with Crippen LogP contribution in [0.4, 0.5) is 0 Å². The Morgan fingerprint density at radius 3 is 1.91 bits per heavy atom. The predicted molar refractivity (Wildman–Crippen MR) is 181 cm³/mol. The fourth-order valence-corrected chi connectivity index (χ4v) is 5.91. The molecule has 45 heavy (non-hydrogen) atoms. The lowest BCUT2D eigenvalue weighted by atomic mass is 9.85. The average molecular weight is 590 g/mol. The second-order valence-electron chi connectivity index (χ2n) is 11.1. The third kappa shape index (κ3) is 5.21. The number of benzene rings is 6. The Hall–Kier alpha value is -5.75. The highest BCUT2D eigenvalue weighted by atomic mass is 16.5. The predicted octanol–water partition coefficient (Wildman–Crippen LogP) is 9.35. The Morgan fingerprint density at radius 2 is 1.18 bits per heavy atom. The number of para-hydroxylation sites is 2. The molecule has 0 atom stereocenters. The molecule has 0 fully saturated rings. The molecule has 6 aromatic carbocycles. The molecule has 0 aliphatic carbocycles. The first-order valence-corrected chi connectivity index (χ1v) is 14.9. The van der Waals surface area contributed by atoms with Crippen molar-refractivity contribution in [1.82, 2.24) is 15.0 Å². The van der Waals surface area contributed by atoms with Crippen LogP contribution in [0.15, 0.2) is 121 Å². The Balaban J connectivity index is 1.56. The van der Waals surface area contributed by atoms with E-state index in [4.69, 9.17) is 19.4 Å². The van der Waals surface area contributed by atoms with Crippen molar-refractivity contribution >= 4 is 21.5 Å². The lowest BCUT2D eigenvalue weighted by Gasteiger charge is -2.19. The van der Waals surface area contributed by atoms with E-state index in [1.54, 1.807) is 25.3 Å². The fourth-order valence-electron chi connectivity index (χ4n) is 5.91. The second kappa shape index (κ2) is 11.7. The van der Waals surface area contributed by atoms with Gasteiger partial charge in [-0.15, -0.1) is 0 Å². The van der Waals surface area contributed by atoms with E-state index in [1.807, 2.05) is 50.2 Å². The maximum atomic E-state index is 10.6. The normalized spacial score (nSPS) is 11.3. The van der Waals surface area contributed by atoms with Gasteiger partial charge in [-0.25, -0.2) is 4.98 Å². The summed E-state index contributed by atoms with van der Waals surface area (Å²) in [5, 5.41) is 15.0. The van der Waals surface area contributed by atoms with Crippen LogP contribution in [0.25, 0.3) is 66.6 Å². The van der Waals surface area contributed by atoms with Gasteiger partial charge in [0.2, 0.25) is 0 Å². The van der Waals surface area contributed by atoms with E-state index in [1.165, 1.54) is 0 Å². The van der Waals surface area contributed by atoms with Gasteiger partial charge in [0, 0.05) is 16.7 Å². The summed E-state index contributed by atoms with van der Waals surface area (Å²) in [5.41, 5.74) is 5.65. The lowest BCUT2D eigenvalue weighted by molar-refractivity contribution is 0.222. The maximum absolute atomic E-state index is 10.6. The number of nitrogens with zero attached hydrogens (tertiary/aromatic N) is 3. The van der Waals surface area contributed by atoms with E-state index in [0.29, 0.717) is 17.2 Å². The monoisotopic (exact) mass is 589 g/mol. The first-order chi connectivity index (χ1) is 22.0. The lowest BCUT2D eigenvalue weighted by Crippen LogP contribution is -2.10. The molecule has 6 heteroatoms. The molecule has 220 valence electrons. The van der Waals surface area contributed by atoms with Gasteiger partial charge in [-0.2, -0.15) is 9.97 Å². The van der Waals surface area contributed by atoms with Crippen LogP contribution in [0, 0.1) is 0 Å². The highest BCUT2D eigenvalue weighted by molar-refractivity contribution is 6.22.